The van der Waals surface area contributed by atoms with Crippen LogP contribution in [0.5, 0.6) is 5.75 Å². The summed E-state index contributed by atoms with van der Waals surface area (Å²) in [6, 6.07) is 13.6. The molecule has 0 radical (unpaired) electrons. The standard InChI is InChI=1S/C23H31N3O3/c1-16-10-9-11-17(2)23(16)24-21(27)14-26(5)22(28)15-25(4)18(3)19-12-7-8-13-20(19)29-6/h7-13,18H,14-15H2,1-6H3,(H,24,27). The van der Waals surface area contributed by atoms with Gasteiger partial charge in [0, 0.05) is 24.3 Å². The van der Waals surface area contributed by atoms with Gasteiger partial charge in [0.05, 0.1) is 20.2 Å². The molecule has 0 aromatic heterocycles. The summed E-state index contributed by atoms with van der Waals surface area (Å²) in [7, 11) is 5.17. The smallest absolute Gasteiger partial charge is 0.243 e. The summed E-state index contributed by atoms with van der Waals surface area (Å²) >= 11 is 0. The van der Waals surface area contributed by atoms with Gasteiger partial charge in [-0.1, -0.05) is 36.4 Å². The van der Waals surface area contributed by atoms with Crippen LogP contribution in [0.25, 0.3) is 0 Å². The van der Waals surface area contributed by atoms with E-state index in [0.717, 1.165) is 28.1 Å². The Labute approximate surface area is 173 Å². The Balaban J connectivity index is 1.95. The molecule has 2 amide bonds. The van der Waals surface area contributed by atoms with Crippen molar-refractivity contribution >= 4 is 17.5 Å². The Bertz CT molecular complexity index is 846. The summed E-state index contributed by atoms with van der Waals surface area (Å²) in [6.07, 6.45) is 0. The lowest BCUT2D eigenvalue weighted by Gasteiger charge is -2.27. The van der Waals surface area contributed by atoms with Crippen LogP contribution in [-0.2, 0) is 9.59 Å². The molecule has 1 unspecified atom stereocenters. The van der Waals surface area contributed by atoms with Gasteiger partial charge in [0.1, 0.15) is 5.75 Å². The van der Waals surface area contributed by atoms with Crippen LogP contribution >= 0.6 is 0 Å². The minimum Gasteiger partial charge on any atom is -0.496 e. The van der Waals surface area contributed by atoms with Gasteiger partial charge in [-0.25, -0.2) is 0 Å². The number of benzene rings is 2. The maximum absolute atomic E-state index is 12.6. The summed E-state index contributed by atoms with van der Waals surface area (Å²) in [6.45, 7) is 6.13. The highest BCUT2D eigenvalue weighted by molar-refractivity contribution is 5.95. The molecule has 0 aliphatic rings. The molecule has 2 aromatic carbocycles. The second kappa shape index (κ2) is 10.1. The normalized spacial score (nSPS) is 11.8. The summed E-state index contributed by atoms with van der Waals surface area (Å²) in [5.74, 6) is 0.463. The van der Waals surface area contributed by atoms with Gasteiger partial charge >= 0.3 is 0 Å². The van der Waals surface area contributed by atoms with Crippen molar-refractivity contribution < 1.29 is 14.3 Å². The number of nitrogens with one attached hydrogen (secondary N) is 1. The number of carbonyl (C=O) groups is 2. The first-order chi connectivity index (χ1) is 13.7. The Morgan fingerprint density at radius 1 is 1.00 bits per heavy atom. The van der Waals surface area contributed by atoms with Gasteiger partial charge in [0.2, 0.25) is 11.8 Å². The molecule has 0 saturated heterocycles. The van der Waals surface area contributed by atoms with Crippen molar-refractivity contribution in [3.63, 3.8) is 0 Å². The fourth-order valence-corrected chi connectivity index (χ4v) is 3.21. The second-order valence-electron chi connectivity index (χ2n) is 7.40. The fraction of sp³-hybridized carbons (Fsp3) is 0.391. The molecule has 2 rings (SSSR count). The Morgan fingerprint density at radius 3 is 2.24 bits per heavy atom. The largest absolute Gasteiger partial charge is 0.496 e. The van der Waals surface area contributed by atoms with Gasteiger partial charge in [-0.2, -0.15) is 0 Å². The van der Waals surface area contributed by atoms with E-state index in [1.165, 1.54) is 4.90 Å². The minimum atomic E-state index is -0.210. The van der Waals surface area contributed by atoms with Crippen LogP contribution < -0.4 is 10.1 Å². The summed E-state index contributed by atoms with van der Waals surface area (Å²) < 4.78 is 5.42. The summed E-state index contributed by atoms with van der Waals surface area (Å²) in [5, 5.41) is 2.92. The monoisotopic (exact) mass is 397 g/mol. The van der Waals surface area contributed by atoms with Crippen molar-refractivity contribution in [1.29, 1.82) is 0 Å². The third kappa shape index (κ3) is 5.81. The quantitative estimate of drug-likeness (QED) is 0.742. The molecule has 0 saturated carbocycles. The zero-order chi connectivity index (χ0) is 21.6. The first-order valence-electron chi connectivity index (χ1n) is 9.67. The summed E-state index contributed by atoms with van der Waals surface area (Å²) in [5.41, 5.74) is 3.82. The second-order valence-corrected chi connectivity index (χ2v) is 7.40. The molecule has 6 nitrogen and oxygen atoms in total. The zero-order valence-electron chi connectivity index (χ0n) is 18.2. The van der Waals surface area contributed by atoms with Crippen molar-refractivity contribution in [2.45, 2.75) is 26.8 Å². The van der Waals surface area contributed by atoms with E-state index >= 15 is 0 Å². The van der Waals surface area contributed by atoms with E-state index in [2.05, 4.69) is 5.32 Å². The van der Waals surface area contributed by atoms with E-state index in [0.29, 0.717) is 0 Å². The lowest BCUT2D eigenvalue weighted by atomic mass is 10.1. The molecule has 2 aromatic rings. The van der Waals surface area contributed by atoms with Crippen LogP contribution in [0.2, 0.25) is 0 Å². The van der Waals surface area contributed by atoms with Crippen molar-refractivity contribution in [3.8, 4) is 5.75 Å². The fourth-order valence-electron chi connectivity index (χ4n) is 3.21. The van der Waals surface area contributed by atoms with Crippen molar-refractivity contribution in [2.75, 3.05) is 39.6 Å². The van der Waals surface area contributed by atoms with E-state index in [4.69, 9.17) is 4.74 Å². The third-order valence-electron chi connectivity index (χ3n) is 5.19. The molecule has 0 spiro atoms. The van der Waals surface area contributed by atoms with Gasteiger partial charge in [0.15, 0.2) is 0 Å². The average Bonchev–Trinajstić information content (AvgIpc) is 2.70. The predicted octanol–water partition coefficient (Wildman–Crippen LogP) is 3.40. The maximum atomic E-state index is 12.6. The number of anilines is 1. The van der Waals surface area contributed by atoms with Crippen LogP contribution in [0.3, 0.4) is 0 Å². The molecule has 0 bridgehead atoms. The molecule has 0 aliphatic carbocycles. The van der Waals surface area contributed by atoms with Crippen LogP contribution in [-0.4, -0.2) is 55.9 Å². The van der Waals surface area contributed by atoms with Gasteiger partial charge in [-0.05, 0) is 45.0 Å². The number of para-hydroxylation sites is 2. The summed E-state index contributed by atoms with van der Waals surface area (Å²) in [4.78, 5) is 28.5. The van der Waals surface area contributed by atoms with Crippen molar-refractivity contribution in [1.82, 2.24) is 9.80 Å². The first-order valence-corrected chi connectivity index (χ1v) is 9.67. The molecule has 0 fully saturated rings. The van der Waals surface area contributed by atoms with Gasteiger partial charge in [0.25, 0.3) is 0 Å². The Morgan fingerprint density at radius 2 is 1.62 bits per heavy atom. The number of amides is 2. The predicted molar refractivity (Wildman–Crippen MR) is 116 cm³/mol. The molecule has 156 valence electrons. The van der Waals surface area contributed by atoms with Crippen LogP contribution in [0.1, 0.15) is 29.7 Å². The Kier molecular flexibility index (Phi) is 7.79. The molecule has 0 aliphatic heterocycles. The number of nitrogens with zero attached hydrogens (tertiary/aromatic N) is 2. The Hall–Kier alpha value is -2.86. The lowest BCUT2D eigenvalue weighted by molar-refractivity contribution is -0.134. The zero-order valence-corrected chi connectivity index (χ0v) is 18.2. The highest BCUT2D eigenvalue weighted by Gasteiger charge is 2.21. The number of methoxy groups -OCH3 is 1. The first kappa shape index (κ1) is 22.4. The third-order valence-corrected chi connectivity index (χ3v) is 5.19. The number of carbonyl (C=O) groups excluding carboxylic acids is 2. The maximum Gasteiger partial charge on any atom is 0.243 e. The minimum absolute atomic E-state index is 0.00346. The SMILES string of the molecule is COc1ccccc1C(C)N(C)CC(=O)N(C)CC(=O)Nc1c(C)cccc1C. The molecule has 0 heterocycles. The van der Waals surface area contributed by atoms with Crippen LogP contribution in [0, 0.1) is 13.8 Å². The van der Waals surface area contributed by atoms with Gasteiger partial charge < -0.3 is 15.0 Å². The van der Waals surface area contributed by atoms with E-state index in [-0.39, 0.29) is 30.9 Å². The van der Waals surface area contributed by atoms with E-state index in [1.54, 1.807) is 14.2 Å². The van der Waals surface area contributed by atoms with E-state index in [1.807, 2.05) is 75.2 Å². The van der Waals surface area contributed by atoms with Crippen molar-refractivity contribution in [3.05, 3.63) is 59.2 Å². The lowest BCUT2D eigenvalue weighted by Crippen LogP contribution is -2.41. The van der Waals surface area contributed by atoms with Gasteiger partial charge in [-0.3, -0.25) is 14.5 Å². The number of ether oxygens (including phenoxy) is 1. The number of likely N-dealkylation sites (N-methyl/N-ethyl adjacent to an activating group) is 2. The van der Waals surface area contributed by atoms with Crippen LogP contribution in [0.4, 0.5) is 5.69 Å². The molecule has 29 heavy (non-hydrogen) atoms. The number of aryl methyl sites for hydroxylation is 2. The average molecular weight is 398 g/mol. The molecular weight excluding hydrogens is 366 g/mol. The highest BCUT2D eigenvalue weighted by Crippen LogP contribution is 2.27. The number of rotatable bonds is 8. The van der Waals surface area contributed by atoms with Gasteiger partial charge in [-0.15, -0.1) is 0 Å². The van der Waals surface area contributed by atoms with Crippen molar-refractivity contribution in [2.24, 2.45) is 0 Å². The molecule has 1 N–H and O–H groups in total. The number of hydrogen-bond donors (Lipinski definition) is 1. The molecular formula is C23H31N3O3. The van der Waals surface area contributed by atoms with E-state index < -0.39 is 0 Å². The number of hydrogen-bond acceptors (Lipinski definition) is 4. The van der Waals surface area contributed by atoms with E-state index in [9.17, 15) is 9.59 Å². The highest BCUT2D eigenvalue weighted by atomic mass is 16.5. The topological polar surface area (TPSA) is 61.9 Å². The molecule has 1 atom stereocenters. The molecule has 6 heteroatoms. The van der Waals surface area contributed by atoms with Crippen LogP contribution in [0.15, 0.2) is 42.5 Å².